The summed E-state index contributed by atoms with van der Waals surface area (Å²) in [6, 6.07) is 16.5. The Morgan fingerprint density at radius 1 is 0.895 bits per heavy atom. The Labute approximate surface area is 116 Å². The second-order valence-electron chi connectivity index (χ2n) is 4.42. The van der Waals surface area contributed by atoms with Gasteiger partial charge in [-0.1, -0.05) is 48.5 Å². The van der Waals surface area contributed by atoms with Crippen molar-refractivity contribution in [3.8, 4) is 11.3 Å². The average Bonchev–Trinajstić information content (AvgIpc) is 2.47. The van der Waals surface area contributed by atoms with E-state index in [1.165, 1.54) is 15.8 Å². The van der Waals surface area contributed by atoms with Crippen LogP contribution >= 0.6 is 11.8 Å². The molecule has 0 N–H and O–H groups in total. The van der Waals surface area contributed by atoms with Gasteiger partial charge in [-0.2, -0.15) is 0 Å². The molecule has 0 atom stereocenters. The Bertz CT molecular complexity index is 723. The predicted octanol–water partition coefficient (Wildman–Crippen LogP) is 4.33. The molecule has 1 aromatic heterocycles. The molecular formula is C16H14N2S. The summed E-state index contributed by atoms with van der Waals surface area (Å²) >= 11 is 1.73. The molecule has 1 heterocycles. The second-order valence-corrected chi connectivity index (χ2v) is 5.24. The van der Waals surface area contributed by atoms with Crippen LogP contribution in [0.15, 0.2) is 53.4 Å². The van der Waals surface area contributed by atoms with E-state index in [1.807, 2.05) is 18.2 Å². The fourth-order valence-electron chi connectivity index (χ4n) is 2.24. The van der Waals surface area contributed by atoms with Crippen molar-refractivity contribution in [1.82, 2.24) is 10.2 Å². The van der Waals surface area contributed by atoms with Crippen LogP contribution in [0, 0.1) is 6.92 Å². The number of nitrogens with zero attached hydrogens (tertiary/aromatic N) is 2. The van der Waals surface area contributed by atoms with Gasteiger partial charge in [0.05, 0.1) is 5.52 Å². The van der Waals surface area contributed by atoms with E-state index >= 15 is 0 Å². The molecule has 0 amide bonds. The molecule has 2 nitrogen and oxygen atoms in total. The van der Waals surface area contributed by atoms with Gasteiger partial charge in [-0.05, 0) is 18.7 Å². The summed E-state index contributed by atoms with van der Waals surface area (Å²) in [6.07, 6.45) is 2.09. The van der Waals surface area contributed by atoms with E-state index in [0.717, 1.165) is 16.8 Å². The van der Waals surface area contributed by atoms with Crippen molar-refractivity contribution in [3.05, 3.63) is 54.1 Å². The van der Waals surface area contributed by atoms with Crippen LogP contribution in [0.25, 0.3) is 22.2 Å². The molecule has 0 saturated carbocycles. The molecule has 0 spiro atoms. The minimum atomic E-state index is 0.964. The van der Waals surface area contributed by atoms with E-state index in [9.17, 15) is 0 Å². The largest absolute Gasteiger partial charge is 0.150 e. The van der Waals surface area contributed by atoms with Crippen LogP contribution < -0.4 is 0 Å². The number of hydrogen-bond acceptors (Lipinski definition) is 3. The number of hydrogen-bond donors (Lipinski definition) is 0. The maximum atomic E-state index is 4.44. The third-order valence-corrected chi connectivity index (χ3v) is 4.02. The van der Waals surface area contributed by atoms with Gasteiger partial charge in [0.2, 0.25) is 0 Å². The Hall–Kier alpha value is -1.87. The molecule has 0 aliphatic carbocycles. The highest BCUT2D eigenvalue weighted by atomic mass is 32.2. The van der Waals surface area contributed by atoms with Gasteiger partial charge in [-0.15, -0.1) is 22.0 Å². The summed E-state index contributed by atoms with van der Waals surface area (Å²) in [5, 5.41) is 10.0. The number of aryl methyl sites for hydroxylation is 1. The van der Waals surface area contributed by atoms with Crippen LogP contribution in [-0.2, 0) is 0 Å². The van der Waals surface area contributed by atoms with Gasteiger partial charge in [0.1, 0.15) is 5.69 Å². The number of rotatable bonds is 2. The lowest BCUT2D eigenvalue weighted by Gasteiger charge is -2.10. The van der Waals surface area contributed by atoms with E-state index in [4.69, 9.17) is 0 Å². The SMILES string of the molecule is CSc1c(-c2ccccc2)nnc2c(C)cccc12. The molecule has 0 unspecified atom stereocenters. The molecule has 0 fully saturated rings. The lowest BCUT2D eigenvalue weighted by Crippen LogP contribution is -1.94. The molecule has 3 aromatic rings. The molecule has 94 valence electrons. The summed E-state index contributed by atoms with van der Waals surface area (Å²) in [7, 11) is 0. The molecule has 2 aromatic carbocycles. The Morgan fingerprint density at radius 3 is 2.42 bits per heavy atom. The van der Waals surface area contributed by atoms with E-state index in [-0.39, 0.29) is 0 Å². The number of benzene rings is 2. The molecular weight excluding hydrogens is 252 g/mol. The van der Waals surface area contributed by atoms with Crippen LogP contribution in [0.2, 0.25) is 0 Å². The zero-order valence-electron chi connectivity index (χ0n) is 10.9. The highest BCUT2D eigenvalue weighted by Gasteiger charge is 2.12. The first-order valence-electron chi connectivity index (χ1n) is 6.16. The summed E-state index contributed by atoms with van der Waals surface area (Å²) in [6.45, 7) is 2.07. The number of fused-ring (bicyclic) bond motifs is 1. The molecule has 3 heteroatoms. The lowest BCUT2D eigenvalue weighted by atomic mass is 10.1. The van der Waals surface area contributed by atoms with Crippen molar-refractivity contribution in [1.29, 1.82) is 0 Å². The van der Waals surface area contributed by atoms with Gasteiger partial charge >= 0.3 is 0 Å². The standard InChI is InChI=1S/C16H14N2S/c1-11-7-6-10-13-14(11)17-18-15(16(13)19-2)12-8-4-3-5-9-12/h3-10H,1-2H3. The molecule has 19 heavy (non-hydrogen) atoms. The molecule has 0 radical (unpaired) electrons. The first-order chi connectivity index (χ1) is 9.31. The monoisotopic (exact) mass is 266 g/mol. The van der Waals surface area contributed by atoms with Crippen molar-refractivity contribution in [2.75, 3.05) is 6.26 Å². The third-order valence-electron chi connectivity index (χ3n) is 3.20. The van der Waals surface area contributed by atoms with Crippen LogP contribution in [-0.4, -0.2) is 16.5 Å². The summed E-state index contributed by atoms with van der Waals surface area (Å²) < 4.78 is 0. The van der Waals surface area contributed by atoms with Gasteiger partial charge in [-0.25, -0.2) is 0 Å². The molecule has 0 aliphatic heterocycles. The van der Waals surface area contributed by atoms with Gasteiger partial charge in [-0.3, -0.25) is 0 Å². The van der Waals surface area contributed by atoms with Gasteiger partial charge in [0, 0.05) is 15.8 Å². The lowest BCUT2D eigenvalue weighted by molar-refractivity contribution is 1.05. The minimum absolute atomic E-state index is 0.964. The fourth-order valence-corrected chi connectivity index (χ4v) is 2.98. The Balaban J connectivity index is 2.33. The molecule has 0 bridgehead atoms. The normalized spacial score (nSPS) is 10.8. The van der Waals surface area contributed by atoms with E-state index in [2.05, 4.69) is 53.7 Å². The maximum Gasteiger partial charge on any atom is 0.107 e. The Kier molecular flexibility index (Phi) is 3.22. The molecule has 3 rings (SSSR count). The number of thioether (sulfide) groups is 1. The zero-order valence-corrected chi connectivity index (χ0v) is 11.7. The Morgan fingerprint density at radius 2 is 1.68 bits per heavy atom. The fraction of sp³-hybridized carbons (Fsp3) is 0.125. The smallest absolute Gasteiger partial charge is 0.107 e. The van der Waals surface area contributed by atoms with Crippen LogP contribution in [0.1, 0.15) is 5.56 Å². The van der Waals surface area contributed by atoms with Crippen molar-refractivity contribution in [2.45, 2.75) is 11.8 Å². The average molecular weight is 266 g/mol. The highest BCUT2D eigenvalue weighted by molar-refractivity contribution is 7.99. The van der Waals surface area contributed by atoms with Gasteiger partial charge in [0.25, 0.3) is 0 Å². The van der Waals surface area contributed by atoms with Crippen molar-refractivity contribution < 1.29 is 0 Å². The second kappa shape index (κ2) is 5.02. The van der Waals surface area contributed by atoms with Crippen molar-refractivity contribution >= 4 is 22.7 Å². The van der Waals surface area contributed by atoms with Crippen LogP contribution in [0.4, 0.5) is 0 Å². The van der Waals surface area contributed by atoms with E-state index in [0.29, 0.717) is 0 Å². The van der Waals surface area contributed by atoms with E-state index < -0.39 is 0 Å². The van der Waals surface area contributed by atoms with E-state index in [1.54, 1.807) is 11.8 Å². The van der Waals surface area contributed by atoms with Gasteiger partial charge in [0.15, 0.2) is 0 Å². The summed E-state index contributed by atoms with van der Waals surface area (Å²) in [5.41, 5.74) is 4.24. The highest BCUT2D eigenvalue weighted by Crippen LogP contribution is 2.34. The quantitative estimate of drug-likeness (QED) is 0.646. The molecule has 0 saturated heterocycles. The minimum Gasteiger partial charge on any atom is -0.150 e. The first-order valence-corrected chi connectivity index (χ1v) is 7.39. The number of aromatic nitrogens is 2. The van der Waals surface area contributed by atoms with Crippen molar-refractivity contribution in [3.63, 3.8) is 0 Å². The van der Waals surface area contributed by atoms with Gasteiger partial charge < -0.3 is 0 Å². The summed E-state index contributed by atoms with van der Waals surface area (Å²) in [5.74, 6) is 0. The molecule has 0 aliphatic rings. The third kappa shape index (κ3) is 2.10. The van der Waals surface area contributed by atoms with Crippen LogP contribution in [0.3, 0.4) is 0 Å². The van der Waals surface area contributed by atoms with Crippen LogP contribution in [0.5, 0.6) is 0 Å². The zero-order chi connectivity index (χ0) is 13.2. The predicted molar refractivity (Wildman–Crippen MR) is 81.5 cm³/mol. The maximum absolute atomic E-state index is 4.44. The summed E-state index contributed by atoms with van der Waals surface area (Å²) in [4.78, 5) is 1.19. The first kappa shape index (κ1) is 12.2. The van der Waals surface area contributed by atoms with Crippen molar-refractivity contribution in [2.24, 2.45) is 0 Å². The topological polar surface area (TPSA) is 25.8 Å².